The second-order valence-corrected chi connectivity index (χ2v) is 11.8. The van der Waals surface area contributed by atoms with E-state index in [0.717, 1.165) is 17.1 Å². The van der Waals surface area contributed by atoms with Gasteiger partial charge in [-0.25, -0.2) is 0 Å². The Morgan fingerprint density at radius 3 is 1.45 bits per heavy atom. The molecule has 0 saturated heterocycles. The van der Waals surface area contributed by atoms with Crippen molar-refractivity contribution in [3.05, 3.63) is 200 Å². The van der Waals surface area contributed by atoms with Crippen LogP contribution in [-0.2, 0) is 0 Å². The summed E-state index contributed by atoms with van der Waals surface area (Å²) in [6, 6.07) is 71.7. The quantitative estimate of drug-likeness (QED) is 0.176. The summed E-state index contributed by atoms with van der Waals surface area (Å²) < 4.78 is 0. The van der Waals surface area contributed by atoms with Gasteiger partial charge in [-0.05, 0) is 80.0 Å². The largest absolute Gasteiger partial charge is 0.310 e. The highest BCUT2D eigenvalue weighted by Crippen LogP contribution is 2.45. The fraction of sp³-hybridized carbons (Fsp3) is 0. The number of rotatable bonds is 7. The van der Waals surface area contributed by atoms with Gasteiger partial charge in [-0.2, -0.15) is 0 Å². The molecule has 0 aromatic heterocycles. The Morgan fingerprint density at radius 1 is 0.277 bits per heavy atom. The highest BCUT2D eigenvalue weighted by Gasteiger charge is 2.20. The molecule has 0 radical (unpaired) electrons. The predicted octanol–water partition coefficient (Wildman–Crippen LogP) is 13.0. The maximum Gasteiger partial charge on any atom is 0.0546 e. The minimum atomic E-state index is 1.11. The molecule has 0 bridgehead atoms. The van der Waals surface area contributed by atoms with Crippen LogP contribution in [-0.4, -0.2) is 0 Å². The summed E-state index contributed by atoms with van der Waals surface area (Å²) in [5, 5.41) is 2.54. The Morgan fingerprint density at radius 2 is 0.745 bits per heavy atom. The molecule has 1 nitrogen and oxygen atoms in total. The second kappa shape index (κ2) is 12.7. The van der Waals surface area contributed by atoms with Crippen LogP contribution in [0.25, 0.3) is 55.3 Å². The van der Waals surface area contributed by atoms with E-state index in [4.69, 9.17) is 0 Å². The lowest BCUT2D eigenvalue weighted by Gasteiger charge is -2.29. The molecule has 8 aromatic rings. The summed E-state index contributed by atoms with van der Waals surface area (Å²) in [6.07, 6.45) is 0. The summed E-state index contributed by atoms with van der Waals surface area (Å²) in [7, 11) is 0. The van der Waals surface area contributed by atoms with E-state index < -0.39 is 0 Å². The molecule has 0 unspecified atom stereocenters. The molecule has 0 aliphatic carbocycles. The van der Waals surface area contributed by atoms with Crippen molar-refractivity contribution < 1.29 is 0 Å². The Balaban J connectivity index is 1.21. The van der Waals surface area contributed by atoms with Gasteiger partial charge in [-0.15, -0.1) is 0 Å². The third kappa shape index (κ3) is 5.60. The maximum atomic E-state index is 2.38. The van der Waals surface area contributed by atoms with Crippen LogP contribution in [0.5, 0.6) is 0 Å². The van der Waals surface area contributed by atoms with Crippen molar-refractivity contribution in [2.45, 2.75) is 0 Å². The Kier molecular flexibility index (Phi) is 7.63. The minimum absolute atomic E-state index is 1.11. The van der Waals surface area contributed by atoms with Crippen LogP contribution in [0.1, 0.15) is 0 Å². The lowest BCUT2D eigenvalue weighted by atomic mass is 9.92. The van der Waals surface area contributed by atoms with Crippen LogP contribution >= 0.6 is 0 Å². The van der Waals surface area contributed by atoms with Gasteiger partial charge >= 0.3 is 0 Å². The van der Waals surface area contributed by atoms with E-state index in [1.807, 2.05) is 0 Å². The van der Waals surface area contributed by atoms with Crippen LogP contribution in [0.3, 0.4) is 0 Å². The van der Waals surface area contributed by atoms with Crippen LogP contribution in [0, 0.1) is 0 Å². The molecule has 8 aromatic carbocycles. The average Bonchev–Trinajstić information content (AvgIpc) is 3.16. The molecule has 0 heterocycles. The number of hydrogen-bond donors (Lipinski definition) is 0. The molecule has 0 N–H and O–H groups in total. The van der Waals surface area contributed by atoms with E-state index in [-0.39, 0.29) is 0 Å². The summed E-state index contributed by atoms with van der Waals surface area (Å²) in [6.45, 7) is 0. The number of hydrogen-bond acceptors (Lipinski definition) is 1. The third-order valence-electron chi connectivity index (χ3n) is 8.89. The van der Waals surface area contributed by atoms with Crippen LogP contribution in [0.2, 0.25) is 0 Å². The minimum Gasteiger partial charge on any atom is -0.310 e. The van der Waals surface area contributed by atoms with E-state index >= 15 is 0 Å². The van der Waals surface area contributed by atoms with Crippen molar-refractivity contribution >= 4 is 27.8 Å². The first-order valence-electron chi connectivity index (χ1n) is 16.1. The molecule has 8 rings (SSSR count). The van der Waals surface area contributed by atoms with Gasteiger partial charge in [-0.3, -0.25) is 0 Å². The smallest absolute Gasteiger partial charge is 0.0546 e. The molecule has 47 heavy (non-hydrogen) atoms. The Labute approximate surface area is 276 Å². The number of para-hydroxylation sites is 1. The monoisotopic (exact) mass is 599 g/mol. The summed E-state index contributed by atoms with van der Waals surface area (Å²) >= 11 is 0. The zero-order chi connectivity index (χ0) is 31.4. The van der Waals surface area contributed by atoms with Gasteiger partial charge in [0.05, 0.1) is 5.69 Å². The Hall–Kier alpha value is -6.18. The Bertz CT molecular complexity index is 2250. The maximum absolute atomic E-state index is 2.38. The molecule has 0 saturated carbocycles. The van der Waals surface area contributed by atoms with Crippen LogP contribution in [0.4, 0.5) is 17.1 Å². The molecular formula is C46H33N. The van der Waals surface area contributed by atoms with E-state index in [1.54, 1.807) is 0 Å². The third-order valence-corrected chi connectivity index (χ3v) is 8.89. The van der Waals surface area contributed by atoms with Gasteiger partial charge < -0.3 is 4.90 Å². The fourth-order valence-electron chi connectivity index (χ4n) is 6.62. The van der Waals surface area contributed by atoms with Gasteiger partial charge in [0.15, 0.2) is 0 Å². The predicted molar refractivity (Wildman–Crippen MR) is 200 cm³/mol. The standard InChI is InChI=1S/C46H33N/c1-4-14-37(15-5-1)44-24-13-25-45(46(44)39-17-6-2-7-18-39)47(40-20-8-3-9-21-40)41-32-30-35(31-33-41)34-26-28-38(29-27-34)43-23-12-19-36-16-10-11-22-42(36)43/h1-33H. The van der Waals surface area contributed by atoms with E-state index in [9.17, 15) is 0 Å². The summed E-state index contributed by atoms with van der Waals surface area (Å²) in [5.74, 6) is 0. The van der Waals surface area contributed by atoms with Crippen LogP contribution < -0.4 is 4.90 Å². The number of nitrogens with zero attached hydrogens (tertiary/aromatic N) is 1. The highest BCUT2D eigenvalue weighted by molar-refractivity contribution is 5.98. The molecule has 0 aliphatic rings. The molecule has 0 aliphatic heterocycles. The van der Waals surface area contributed by atoms with Gasteiger partial charge in [0.1, 0.15) is 0 Å². The first kappa shape index (κ1) is 28.3. The second-order valence-electron chi connectivity index (χ2n) is 11.8. The van der Waals surface area contributed by atoms with Crippen molar-refractivity contribution in [1.82, 2.24) is 0 Å². The average molecular weight is 600 g/mol. The van der Waals surface area contributed by atoms with Crippen molar-refractivity contribution in [1.29, 1.82) is 0 Å². The molecule has 0 spiro atoms. The van der Waals surface area contributed by atoms with E-state index in [2.05, 4.69) is 205 Å². The van der Waals surface area contributed by atoms with Crippen molar-refractivity contribution in [3.8, 4) is 44.5 Å². The van der Waals surface area contributed by atoms with E-state index in [0.29, 0.717) is 0 Å². The molecule has 222 valence electrons. The lowest BCUT2D eigenvalue weighted by Crippen LogP contribution is -2.11. The summed E-state index contributed by atoms with van der Waals surface area (Å²) in [5.41, 5.74) is 13.0. The number of anilines is 3. The molecule has 0 atom stereocenters. The lowest BCUT2D eigenvalue weighted by molar-refractivity contribution is 1.28. The van der Waals surface area contributed by atoms with Gasteiger partial charge in [0.2, 0.25) is 0 Å². The molecule has 0 fully saturated rings. The van der Waals surface area contributed by atoms with Crippen molar-refractivity contribution in [2.75, 3.05) is 4.90 Å². The first-order chi connectivity index (χ1) is 23.3. The molecular weight excluding hydrogens is 567 g/mol. The van der Waals surface area contributed by atoms with E-state index in [1.165, 1.54) is 55.3 Å². The molecule has 1 heteroatoms. The summed E-state index contributed by atoms with van der Waals surface area (Å²) in [4.78, 5) is 2.38. The zero-order valence-electron chi connectivity index (χ0n) is 26.0. The van der Waals surface area contributed by atoms with Crippen LogP contribution in [0.15, 0.2) is 200 Å². The zero-order valence-corrected chi connectivity index (χ0v) is 26.0. The van der Waals surface area contributed by atoms with Crippen molar-refractivity contribution in [2.24, 2.45) is 0 Å². The van der Waals surface area contributed by atoms with Gasteiger partial charge in [0.25, 0.3) is 0 Å². The highest BCUT2D eigenvalue weighted by atomic mass is 15.1. The topological polar surface area (TPSA) is 3.24 Å². The number of fused-ring (bicyclic) bond motifs is 1. The van der Waals surface area contributed by atoms with Gasteiger partial charge in [0, 0.05) is 16.9 Å². The van der Waals surface area contributed by atoms with Gasteiger partial charge in [-0.1, -0.05) is 170 Å². The fourth-order valence-corrected chi connectivity index (χ4v) is 6.62. The first-order valence-corrected chi connectivity index (χ1v) is 16.1. The van der Waals surface area contributed by atoms with Crippen molar-refractivity contribution in [3.63, 3.8) is 0 Å². The molecule has 0 amide bonds. The normalized spacial score (nSPS) is 11.0. The SMILES string of the molecule is c1ccc(-c2cccc(N(c3ccccc3)c3ccc(-c4ccc(-c5cccc6ccccc56)cc4)cc3)c2-c2ccccc2)cc1. The number of benzene rings is 8.